The summed E-state index contributed by atoms with van der Waals surface area (Å²) in [5.41, 5.74) is 16.9. The molecule has 2 rings (SSSR count). The van der Waals surface area contributed by atoms with E-state index in [1.54, 1.807) is 24.3 Å². The molecule has 0 unspecified atom stereocenters. The first-order chi connectivity index (χ1) is 17.2. The Kier molecular flexibility index (Phi) is 11.8. The van der Waals surface area contributed by atoms with E-state index in [4.69, 9.17) is 17.2 Å². The van der Waals surface area contributed by atoms with Crippen LogP contribution in [-0.4, -0.2) is 45.9 Å². The molecule has 0 fully saturated rings. The molecule has 0 aliphatic rings. The number of hydrogen-bond acceptors (Lipinski definition) is 7. The van der Waals surface area contributed by atoms with Crippen LogP contribution in [-0.2, 0) is 19.4 Å². The number of nitrogens with one attached hydrogen (secondary N) is 3. The summed E-state index contributed by atoms with van der Waals surface area (Å²) in [5, 5.41) is 8.50. The van der Waals surface area contributed by atoms with E-state index in [1.165, 1.54) is 24.3 Å². The van der Waals surface area contributed by atoms with Crippen molar-refractivity contribution in [2.75, 3.05) is 30.4 Å². The molecule has 0 aliphatic heterocycles. The van der Waals surface area contributed by atoms with Crippen LogP contribution in [0, 0.1) is 0 Å². The second-order valence-electron chi connectivity index (χ2n) is 8.07. The third kappa shape index (κ3) is 10.0. The van der Waals surface area contributed by atoms with Crippen LogP contribution in [0.1, 0.15) is 38.5 Å². The van der Waals surface area contributed by atoms with E-state index in [9.17, 15) is 18.0 Å². The van der Waals surface area contributed by atoms with Crippen LogP contribution >= 0.6 is 0 Å². The van der Waals surface area contributed by atoms with Gasteiger partial charge in [0.15, 0.2) is 5.96 Å². The molecule has 0 bridgehead atoms. The van der Waals surface area contributed by atoms with E-state index in [-0.39, 0.29) is 27.6 Å². The molecule has 0 radical (unpaired) electrons. The van der Waals surface area contributed by atoms with Gasteiger partial charge in [0.1, 0.15) is 0 Å². The number of anilines is 2. The highest BCUT2D eigenvalue weighted by molar-refractivity contribution is 7.91. The Bertz CT molecular complexity index is 1110. The van der Waals surface area contributed by atoms with Crippen molar-refractivity contribution in [3.05, 3.63) is 48.5 Å². The highest BCUT2D eigenvalue weighted by Crippen LogP contribution is 2.24. The lowest BCUT2D eigenvalue weighted by molar-refractivity contribution is -0.117. The highest BCUT2D eigenvalue weighted by Gasteiger charge is 2.18. The first-order valence-corrected chi connectivity index (χ1v) is 13.2. The van der Waals surface area contributed by atoms with Crippen molar-refractivity contribution in [1.82, 2.24) is 5.32 Å². The number of guanidine groups is 1. The van der Waals surface area contributed by atoms with Gasteiger partial charge in [-0.25, -0.2) is 8.42 Å². The third-order valence-electron chi connectivity index (χ3n) is 5.15. The van der Waals surface area contributed by atoms with E-state index in [0.29, 0.717) is 50.3 Å². The fourth-order valence-corrected chi connectivity index (χ4v) is 4.52. The molecule has 0 aromatic heterocycles. The number of aliphatic imine (C=N–C) groups is 1. The Labute approximate surface area is 211 Å². The van der Waals surface area contributed by atoms with Crippen LogP contribution in [0.25, 0.3) is 0 Å². The zero-order valence-corrected chi connectivity index (χ0v) is 21.0. The first-order valence-electron chi connectivity index (χ1n) is 11.7. The molecule has 2 aromatic rings. The quantitative estimate of drug-likeness (QED) is 0.0885. The van der Waals surface area contributed by atoms with Gasteiger partial charge >= 0.3 is 0 Å². The molecule has 36 heavy (non-hydrogen) atoms. The molecular formula is C24H35N7O4S. The molecule has 0 spiro atoms. The molecule has 0 saturated heterocycles. The summed E-state index contributed by atoms with van der Waals surface area (Å²) in [5.74, 6) is -0.291. The van der Waals surface area contributed by atoms with Crippen LogP contribution in [0.3, 0.4) is 0 Å². The van der Waals surface area contributed by atoms with E-state index < -0.39 is 9.84 Å². The molecule has 2 aromatic carbocycles. The molecular weight excluding hydrogens is 482 g/mol. The Morgan fingerprint density at radius 1 is 0.750 bits per heavy atom. The van der Waals surface area contributed by atoms with Crippen LogP contribution in [0.4, 0.5) is 11.4 Å². The van der Waals surface area contributed by atoms with Gasteiger partial charge in [0.05, 0.1) is 9.79 Å². The third-order valence-corrected chi connectivity index (χ3v) is 6.94. The summed E-state index contributed by atoms with van der Waals surface area (Å²) >= 11 is 0. The molecule has 0 heterocycles. The average Bonchev–Trinajstić information content (AvgIpc) is 2.84. The molecule has 196 valence electrons. The fourth-order valence-electron chi connectivity index (χ4n) is 3.26. The second-order valence-corrected chi connectivity index (χ2v) is 10.0. The highest BCUT2D eigenvalue weighted by atomic mass is 32.2. The largest absolute Gasteiger partial charge is 0.370 e. The maximum absolute atomic E-state index is 13.0. The molecule has 12 heteroatoms. The summed E-state index contributed by atoms with van der Waals surface area (Å²) in [7, 11) is -3.76. The molecule has 0 saturated carbocycles. The second kappa shape index (κ2) is 14.8. The molecule has 0 atom stereocenters. The van der Waals surface area contributed by atoms with E-state index >= 15 is 0 Å². The Balaban J connectivity index is 1.87. The zero-order valence-electron chi connectivity index (χ0n) is 20.2. The van der Waals surface area contributed by atoms with Gasteiger partial charge in [0.25, 0.3) is 0 Å². The first kappa shape index (κ1) is 28.8. The summed E-state index contributed by atoms with van der Waals surface area (Å²) < 4.78 is 25.9. The molecule has 0 aliphatic carbocycles. The van der Waals surface area contributed by atoms with E-state index in [2.05, 4.69) is 20.9 Å². The van der Waals surface area contributed by atoms with Gasteiger partial charge in [-0.15, -0.1) is 0 Å². The van der Waals surface area contributed by atoms with Crippen molar-refractivity contribution < 1.29 is 18.0 Å². The minimum Gasteiger partial charge on any atom is -0.370 e. The monoisotopic (exact) mass is 517 g/mol. The lowest BCUT2D eigenvalue weighted by Crippen LogP contribution is -2.23. The smallest absolute Gasteiger partial charge is 0.224 e. The Morgan fingerprint density at radius 2 is 1.22 bits per heavy atom. The van der Waals surface area contributed by atoms with Crippen molar-refractivity contribution in [2.45, 2.75) is 48.3 Å². The summed E-state index contributed by atoms with van der Waals surface area (Å²) in [6.45, 7) is 1.63. The summed E-state index contributed by atoms with van der Waals surface area (Å²) in [4.78, 5) is 28.2. The molecule has 2 amide bonds. The van der Waals surface area contributed by atoms with Crippen molar-refractivity contribution >= 4 is 39.0 Å². The maximum Gasteiger partial charge on any atom is 0.224 e. The van der Waals surface area contributed by atoms with Gasteiger partial charge in [0.2, 0.25) is 21.7 Å². The van der Waals surface area contributed by atoms with Gasteiger partial charge in [0, 0.05) is 37.4 Å². The van der Waals surface area contributed by atoms with Crippen LogP contribution in [0.5, 0.6) is 0 Å². The summed E-state index contributed by atoms with van der Waals surface area (Å²) in [6.07, 6.45) is 3.53. The van der Waals surface area contributed by atoms with Crippen molar-refractivity contribution in [3.63, 3.8) is 0 Å². The SMILES string of the molecule is NCNCCCCC(=O)Nc1ccc(S(=O)(=O)c2ccc(NC(=O)CCCCN=C(N)N)cc2)cc1. The van der Waals surface area contributed by atoms with E-state index in [0.717, 1.165) is 19.4 Å². The average molecular weight is 518 g/mol. The zero-order chi connectivity index (χ0) is 26.4. The predicted octanol–water partition coefficient (Wildman–Crippen LogP) is 1.52. The lowest BCUT2D eigenvalue weighted by atomic mass is 10.2. The number of carbonyl (C=O) groups is 2. The van der Waals surface area contributed by atoms with Crippen molar-refractivity contribution in [1.29, 1.82) is 0 Å². The summed E-state index contributed by atoms with van der Waals surface area (Å²) in [6, 6.07) is 12.0. The van der Waals surface area contributed by atoms with Gasteiger partial charge in [-0.1, -0.05) is 0 Å². The topological polar surface area (TPSA) is 195 Å². The van der Waals surface area contributed by atoms with Crippen LogP contribution in [0.15, 0.2) is 63.3 Å². The number of unbranched alkanes of at least 4 members (excludes halogenated alkanes) is 2. The number of carbonyl (C=O) groups excluding carboxylic acids is 2. The van der Waals surface area contributed by atoms with E-state index in [1.807, 2.05) is 0 Å². The maximum atomic E-state index is 13.0. The van der Waals surface area contributed by atoms with Crippen molar-refractivity contribution in [2.24, 2.45) is 22.2 Å². The number of sulfone groups is 1. The number of benzene rings is 2. The van der Waals surface area contributed by atoms with Crippen LogP contribution in [0.2, 0.25) is 0 Å². The number of nitrogens with zero attached hydrogens (tertiary/aromatic N) is 1. The fraction of sp³-hybridized carbons (Fsp3) is 0.375. The Morgan fingerprint density at radius 3 is 1.67 bits per heavy atom. The van der Waals surface area contributed by atoms with Gasteiger partial charge in [-0.3, -0.25) is 14.6 Å². The van der Waals surface area contributed by atoms with Crippen LogP contribution < -0.4 is 33.2 Å². The van der Waals surface area contributed by atoms with Gasteiger partial charge < -0.3 is 33.2 Å². The van der Waals surface area contributed by atoms with Gasteiger partial charge in [-0.2, -0.15) is 0 Å². The minimum atomic E-state index is -3.76. The standard InChI is InChI=1S/C24H35N7O4S/c25-17-28-15-3-1-5-22(32)30-18-7-11-20(12-8-18)36(34,35)21-13-9-19(10-14-21)31-23(33)6-2-4-16-29-24(26)27/h7-14,28H,1-6,15-17,25H2,(H,30,32)(H,31,33)(H4,26,27,29). The molecule has 11 nitrogen and oxygen atoms in total. The van der Waals surface area contributed by atoms with Gasteiger partial charge in [-0.05, 0) is 80.8 Å². The normalized spacial score (nSPS) is 11.0. The Hall–Kier alpha value is -3.48. The predicted molar refractivity (Wildman–Crippen MR) is 141 cm³/mol. The van der Waals surface area contributed by atoms with Crippen molar-refractivity contribution in [3.8, 4) is 0 Å². The number of amides is 2. The molecule has 9 N–H and O–H groups in total. The number of rotatable bonds is 15. The minimum absolute atomic E-state index is 0.0237. The number of nitrogens with two attached hydrogens (primary N) is 3. The lowest BCUT2D eigenvalue weighted by Gasteiger charge is -2.09. The number of hydrogen-bond donors (Lipinski definition) is 6.